The molecule has 0 N–H and O–H groups in total. The quantitative estimate of drug-likeness (QED) is 0.719. The van der Waals surface area contributed by atoms with Crippen LogP contribution in [0.3, 0.4) is 0 Å². The molecule has 4 heteroatoms. The second-order valence-corrected chi connectivity index (χ2v) is 4.36. The summed E-state index contributed by atoms with van der Waals surface area (Å²) in [6.07, 6.45) is 0.855. The fourth-order valence-electron chi connectivity index (χ4n) is 2.10. The van der Waals surface area contributed by atoms with Crippen molar-refractivity contribution in [2.75, 3.05) is 13.7 Å². The van der Waals surface area contributed by atoms with Gasteiger partial charge in [-0.05, 0) is 5.56 Å². The Kier molecular flexibility index (Phi) is 4.87. The smallest absolute Gasteiger partial charge is 0.148 e. The molecule has 0 amide bonds. The van der Waals surface area contributed by atoms with E-state index in [9.17, 15) is 4.79 Å². The Morgan fingerprint density at radius 3 is 2.83 bits per heavy atom. The van der Waals surface area contributed by atoms with Gasteiger partial charge in [0.05, 0.1) is 19.3 Å². The van der Waals surface area contributed by atoms with Gasteiger partial charge in [0.2, 0.25) is 0 Å². The van der Waals surface area contributed by atoms with Gasteiger partial charge in [-0.2, -0.15) is 0 Å². The number of methoxy groups -OCH3 is 1. The first kappa shape index (κ1) is 13.2. The second kappa shape index (κ2) is 6.64. The maximum atomic E-state index is 10.7. The normalized spacial score (nSPS) is 27.3. The largest absolute Gasteiger partial charge is 0.379 e. The highest BCUT2D eigenvalue weighted by atomic mass is 16.6. The summed E-state index contributed by atoms with van der Waals surface area (Å²) in [5, 5.41) is 0. The van der Waals surface area contributed by atoms with Crippen LogP contribution >= 0.6 is 0 Å². The number of hydrogen-bond donors (Lipinski definition) is 0. The fourth-order valence-corrected chi connectivity index (χ4v) is 2.10. The number of ether oxygens (including phenoxy) is 3. The Hall–Kier alpha value is -1.23. The Bertz CT molecular complexity index is 365. The Balaban J connectivity index is 1.77. The molecule has 18 heavy (non-hydrogen) atoms. The third-order valence-corrected chi connectivity index (χ3v) is 3.08. The SMILES string of the molecule is CO[C@@H]1CC(C=O)O[C@H]1COCc1ccccc1. The average Bonchev–Trinajstić information content (AvgIpc) is 2.82. The Morgan fingerprint density at radius 1 is 1.39 bits per heavy atom. The van der Waals surface area contributed by atoms with Gasteiger partial charge in [0.25, 0.3) is 0 Å². The van der Waals surface area contributed by atoms with E-state index in [0.717, 1.165) is 11.8 Å². The summed E-state index contributed by atoms with van der Waals surface area (Å²) < 4.78 is 16.4. The van der Waals surface area contributed by atoms with Gasteiger partial charge in [0, 0.05) is 13.5 Å². The van der Waals surface area contributed by atoms with Crippen molar-refractivity contribution in [2.24, 2.45) is 0 Å². The summed E-state index contributed by atoms with van der Waals surface area (Å²) in [6, 6.07) is 9.95. The van der Waals surface area contributed by atoms with Crippen molar-refractivity contribution in [3.8, 4) is 0 Å². The lowest BCUT2D eigenvalue weighted by Gasteiger charge is -2.17. The zero-order valence-corrected chi connectivity index (χ0v) is 10.5. The van der Waals surface area contributed by atoms with Crippen LogP contribution in [0.1, 0.15) is 12.0 Å². The molecule has 0 radical (unpaired) electrons. The van der Waals surface area contributed by atoms with E-state index in [2.05, 4.69) is 0 Å². The van der Waals surface area contributed by atoms with Gasteiger partial charge in [-0.25, -0.2) is 0 Å². The van der Waals surface area contributed by atoms with Gasteiger partial charge in [0.15, 0.2) is 0 Å². The van der Waals surface area contributed by atoms with E-state index in [4.69, 9.17) is 14.2 Å². The molecule has 1 saturated heterocycles. The molecule has 4 nitrogen and oxygen atoms in total. The predicted molar refractivity (Wildman–Crippen MR) is 66.2 cm³/mol. The molecule has 1 aromatic rings. The molecule has 0 aromatic heterocycles. The van der Waals surface area contributed by atoms with Crippen molar-refractivity contribution in [3.63, 3.8) is 0 Å². The predicted octanol–water partition coefficient (Wildman–Crippen LogP) is 1.57. The molecular formula is C14H18O4. The Labute approximate surface area is 107 Å². The molecule has 1 unspecified atom stereocenters. The molecule has 3 atom stereocenters. The van der Waals surface area contributed by atoms with Gasteiger partial charge >= 0.3 is 0 Å². The summed E-state index contributed by atoms with van der Waals surface area (Å²) in [5.41, 5.74) is 1.12. The standard InChI is InChI=1S/C14H18O4/c1-16-13-7-12(8-15)18-14(13)10-17-9-11-5-3-2-4-6-11/h2-6,8,12-14H,7,9-10H2,1H3/t12?,13-,14+/m1/s1. The molecule has 0 aliphatic carbocycles. The number of rotatable bonds is 6. The lowest BCUT2D eigenvalue weighted by Crippen LogP contribution is -2.28. The minimum atomic E-state index is -0.361. The minimum Gasteiger partial charge on any atom is -0.379 e. The first-order chi connectivity index (χ1) is 8.83. The van der Waals surface area contributed by atoms with E-state index in [1.165, 1.54) is 0 Å². The van der Waals surface area contributed by atoms with E-state index >= 15 is 0 Å². The number of hydrogen-bond acceptors (Lipinski definition) is 4. The molecule has 2 rings (SSSR count). The van der Waals surface area contributed by atoms with Crippen LogP contribution in [0.2, 0.25) is 0 Å². The zero-order chi connectivity index (χ0) is 12.8. The van der Waals surface area contributed by atoms with Crippen molar-refractivity contribution in [3.05, 3.63) is 35.9 Å². The van der Waals surface area contributed by atoms with Gasteiger partial charge in [-0.1, -0.05) is 30.3 Å². The number of benzene rings is 1. The van der Waals surface area contributed by atoms with Gasteiger partial charge in [-0.15, -0.1) is 0 Å². The highest BCUT2D eigenvalue weighted by Crippen LogP contribution is 2.22. The lowest BCUT2D eigenvalue weighted by molar-refractivity contribution is -0.119. The third kappa shape index (κ3) is 3.38. The number of carbonyl (C=O) groups is 1. The van der Waals surface area contributed by atoms with Crippen LogP contribution in [-0.2, 0) is 25.6 Å². The van der Waals surface area contributed by atoms with Gasteiger partial charge in [0.1, 0.15) is 18.5 Å². The van der Waals surface area contributed by atoms with E-state index in [0.29, 0.717) is 19.6 Å². The summed E-state index contributed by atoms with van der Waals surface area (Å²) in [4.78, 5) is 10.7. The highest BCUT2D eigenvalue weighted by molar-refractivity contribution is 5.56. The van der Waals surface area contributed by atoms with Crippen LogP contribution in [0.25, 0.3) is 0 Å². The summed E-state index contributed by atoms with van der Waals surface area (Å²) in [6.45, 7) is 0.987. The molecule has 0 spiro atoms. The summed E-state index contributed by atoms with van der Waals surface area (Å²) >= 11 is 0. The fraction of sp³-hybridized carbons (Fsp3) is 0.500. The monoisotopic (exact) mass is 250 g/mol. The maximum absolute atomic E-state index is 10.7. The van der Waals surface area contributed by atoms with Crippen LogP contribution in [0.4, 0.5) is 0 Å². The van der Waals surface area contributed by atoms with E-state index in [1.807, 2.05) is 30.3 Å². The summed E-state index contributed by atoms with van der Waals surface area (Å²) in [5.74, 6) is 0. The molecular weight excluding hydrogens is 232 g/mol. The maximum Gasteiger partial charge on any atom is 0.148 e. The lowest BCUT2D eigenvalue weighted by atomic mass is 10.1. The van der Waals surface area contributed by atoms with Gasteiger partial charge < -0.3 is 19.0 Å². The second-order valence-electron chi connectivity index (χ2n) is 4.36. The number of aldehydes is 1. The van der Waals surface area contributed by atoms with Crippen molar-refractivity contribution in [1.29, 1.82) is 0 Å². The first-order valence-electron chi connectivity index (χ1n) is 6.08. The topological polar surface area (TPSA) is 44.8 Å². The Morgan fingerprint density at radius 2 is 2.17 bits per heavy atom. The van der Waals surface area contributed by atoms with E-state index < -0.39 is 0 Å². The van der Waals surface area contributed by atoms with E-state index in [1.54, 1.807) is 7.11 Å². The molecule has 98 valence electrons. The van der Waals surface area contributed by atoms with Crippen molar-refractivity contribution >= 4 is 6.29 Å². The highest BCUT2D eigenvalue weighted by Gasteiger charge is 2.35. The molecule has 1 aliphatic rings. The zero-order valence-electron chi connectivity index (χ0n) is 10.5. The molecule has 1 fully saturated rings. The minimum absolute atomic E-state index is 0.0593. The van der Waals surface area contributed by atoms with Crippen molar-refractivity contribution in [1.82, 2.24) is 0 Å². The van der Waals surface area contributed by atoms with Crippen LogP contribution in [0, 0.1) is 0 Å². The molecule has 0 saturated carbocycles. The molecule has 1 heterocycles. The van der Waals surface area contributed by atoms with Crippen LogP contribution in [0.5, 0.6) is 0 Å². The van der Waals surface area contributed by atoms with Crippen molar-refractivity contribution < 1.29 is 19.0 Å². The van der Waals surface area contributed by atoms with Crippen molar-refractivity contribution in [2.45, 2.75) is 31.3 Å². The molecule has 1 aromatic carbocycles. The average molecular weight is 250 g/mol. The molecule has 1 aliphatic heterocycles. The molecule has 0 bridgehead atoms. The third-order valence-electron chi connectivity index (χ3n) is 3.08. The van der Waals surface area contributed by atoms with Crippen LogP contribution < -0.4 is 0 Å². The van der Waals surface area contributed by atoms with E-state index in [-0.39, 0.29) is 18.3 Å². The summed E-state index contributed by atoms with van der Waals surface area (Å²) in [7, 11) is 1.63. The first-order valence-corrected chi connectivity index (χ1v) is 6.08. The van der Waals surface area contributed by atoms with Gasteiger partial charge in [-0.3, -0.25) is 0 Å². The number of carbonyl (C=O) groups excluding carboxylic acids is 1. The van der Waals surface area contributed by atoms with Crippen LogP contribution in [-0.4, -0.2) is 38.3 Å². The van der Waals surface area contributed by atoms with Crippen LogP contribution in [0.15, 0.2) is 30.3 Å².